The van der Waals surface area contributed by atoms with E-state index in [4.69, 9.17) is 4.98 Å². The minimum Gasteiger partial charge on any atom is -0.494 e. The molecule has 1 saturated heterocycles. The SMILES string of the molecule is CC1CN(c2ncc3c(O)n(Cc4ccc5c(c4)CCN(C4=CCC4)CC5)cc3n2)C1. The zero-order valence-corrected chi connectivity index (χ0v) is 18.1. The summed E-state index contributed by atoms with van der Waals surface area (Å²) < 4.78 is 1.89. The molecule has 0 saturated carbocycles. The van der Waals surface area contributed by atoms with Crippen LogP contribution in [0.4, 0.5) is 5.95 Å². The van der Waals surface area contributed by atoms with Gasteiger partial charge in [0.15, 0.2) is 0 Å². The molecule has 1 fully saturated rings. The summed E-state index contributed by atoms with van der Waals surface area (Å²) in [6.07, 6.45) is 10.8. The lowest BCUT2D eigenvalue weighted by Gasteiger charge is -2.36. The highest BCUT2D eigenvalue weighted by Gasteiger charge is 2.25. The monoisotopic (exact) mass is 415 g/mol. The largest absolute Gasteiger partial charge is 0.494 e. The van der Waals surface area contributed by atoms with Crippen molar-refractivity contribution in [3.63, 3.8) is 0 Å². The Morgan fingerprint density at radius 2 is 1.87 bits per heavy atom. The van der Waals surface area contributed by atoms with Crippen molar-refractivity contribution in [3.05, 3.63) is 59.1 Å². The van der Waals surface area contributed by atoms with E-state index in [1.54, 1.807) is 6.20 Å². The summed E-state index contributed by atoms with van der Waals surface area (Å²) in [5.74, 6) is 1.71. The van der Waals surface area contributed by atoms with Crippen molar-refractivity contribution in [1.82, 2.24) is 19.4 Å². The van der Waals surface area contributed by atoms with Crippen LogP contribution in [-0.4, -0.2) is 50.7 Å². The number of aromatic nitrogens is 3. The molecule has 1 aliphatic carbocycles. The van der Waals surface area contributed by atoms with Crippen LogP contribution in [0.15, 0.2) is 42.4 Å². The van der Waals surface area contributed by atoms with Crippen LogP contribution in [0.5, 0.6) is 5.88 Å². The third-order valence-corrected chi connectivity index (χ3v) is 7.06. The molecule has 0 radical (unpaired) electrons. The third kappa shape index (κ3) is 3.34. The highest BCUT2D eigenvalue weighted by Crippen LogP contribution is 2.30. The van der Waals surface area contributed by atoms with Gasteiger partial charge in [-0.2, -0.15) is 0 Å². The first-order valence-corrected chi connectivity index (χ1v) is 11.5. The second kappa shape index (κ2) is 7.29. The second-order valence-corrected chi connectivity index (χ2v) is 9.38. The number of hydrogen-bond donors (Lipinski definition) is 1. The van der Waals surface area contributed by atoms with Crippen molar-refractivity contribution >= 4 is 16.9 Å². The zero-order valence-electron chi connectivity index (χ0n) is 18.1. The normalized spacial score (nSPS) is 18.9. The van der Waals surface area contributed by atoms with Gasteiger partial charge in [-0.1, -0.05) is 31.2 Å². The molecule has 0 unspecified atom stereocenters. The molecule has 1 aromatic carbocycles. The minimum atomic E-state index is 0.247. The van der Waals surface area contributed by atoms with Crippen LogP contribution < -0.4 is 4.90 Å². The molecule has 6 heteroatoms. The van der Waals surface area contributed by atoms with E-state index in [2.05, 4.69) is 46.0 Å². The Bertz CT molecular complexity index is 1170. The van der Waals surface area contributed by atoms with Gasteiger partial charge in [0.25, 0.3) is 0 Å². The van der Waals surface area contributed by atoms with E-state index in [0.29, 0.717) is 12.5 Å². The Morgan fingerprint density at radius 3 is 2.61 bits per heavy atom. The highest BCUT2D eigenvalue weighted by atomic mass is 16.3. The maximum absolute atomic E-state index is 10.8. The standard InChI is InChI=1S/C25H29N5O/c1-17-13-30(14-17)25-26-12-22-23(27-25)16-29(24(22)31)15-18-5-6-19-7-9-28(21-3-2-4-21)10-8-20(19)11-18/h3,5-6,11-12,16-17,31H,2,4,7-10,13-15H2,1H3. The van der Waals surface area contributed by atoms with Crippen molar-refractivity contribution in [2.75, 3.05) is 31.1 Å². The molecule has 0 atom stereocenters. The quantitative estimate of drug-likeness (QED) is 0.704. The van der Waals surface area contributed by atoms with Gasteiger partial charge in [0, 0.05) is 44.3 Å². The fourth-order valence-electron chi connectivity index (χ4n) is 5.08. The van der Waals surface area contributed by atoms with Crippen LogP contribution in [-0.2, 0) is 19.4 Å². The van der Waals surface area contributed by atoms with E-state index in [1.807, 2.05) is 10.8 Å². The van der Waals surface area contributed by atoms with Crippen molar-refractivity contribution in [1.29, 1.82) is 0 Å². The fourth-order valence-corrected chi connectivity index (χ4v) is 5.08. The number of allylic oxidation sites excluding steroid dienone is 2. The molecule has 6 nitrogen and oxygen atoms in total. The van der Waals surface area contributed by atoms with E-state index in [-0.39, 0.29) is 5.88 Å². The summed E-state index contributed by atoms with van der Waals surface area (Å²) in [5.41, 5.74) is 6.47. The Labute approximate surface area is 182 Å². The molecule has 0 spiro atoms. The Morgan fingerprint density at radius 1 is 1.06 bits per heavy atom. The average molecular weight is 416 g/mol. The van der Waals surface area contributed by atoms with Gasteiger partial charge in [-0.25, -0.2) is 9.97 Å². The van der Waals surface area contributed by atoms with Gasteiger partial charge in [-0.3, -0.25) is 0 Å². The summed E-state index contributed by atoms with van der Waals surface area (Å²) in [5, 5.41) is 11.5. The van der Waals surface area contributed by atoms with Gasteiger partial charge in [0.2, 0.25) is 11.8 Å². The van der Waals surface area contributed by atoms with Crippen molar-refractivity contribution in [3.8, 4) is 5.88 Å². The number of hydrogen-bond acceptors (Lipinski definition) is 5. The Hall–Kier alpha value is -3.02. The van der Waals surface area contributed by atoms with E-state index in [0.717, 1.165) is 55.9 Å². The van der Waals surface area contributed by atoms with Crippen LogP contribution in [0.2, 0.25) is 0 Å². The molecule has 2 aromatic heterocycles. The van der Waals surface area contributed by atoms with E-state index in [1.165, 1.54) is 35.2 Å². The van der Waals surface area contributed by atoms with Gasteiger partial charge in [0.05, 0.1) is 17.4 Å². The molecule has 3 aliphatic rings. The number of nitrogens with zero attached hydrogens (tertiary/aromatic N) is 5. The predicted molar refractivity (Wildman–Crippen MR) is 122 cm³/mol. The van der Waals surface area contributed by atoms with Gasteiger partial charge in [0.1, 0.15) is 0 Å². The lowest BCUT2D eigenvalue weighted by molar-refractivity contribution is 0.334. The van der Waals surface area contributed by atoms with Crippen LogP contribution in [0.3, 0.4) is 0 Å². The molecule has 160 valence electrons. The molecule has 0 amide bonds. The van der Waals surface area contributed by atoms with Crippen LogP contribution in [0.25, 0.3) is 10.9 Å². The summed E-state index contributed by atoms with van der Waals surface area (Å²) in [7, 11) is 0. The first kappa shape index (κ1) is 18.7. The Kier molecular flexibility index (Phi) is 4.40. The smallest absolute Gasteiger partial charge is 0.225 e. The first-order valence-electron chi connectivity index (χ1n) is 11.5. The van der Waals surface area contributed by atoms with Gasteiger partial charge >= 0.3 is 0 Å². The predicted octanol–water partition coefficient (Wildman–Crippen LogP) is 3.72. The maximum Gasteiger partial charge on any atom is 0.225 e. The summed E-state index contributed by atoms with van der Waals surface area (Å²) in [6.45, 7) is 7.11. The second-order valence-electron chi connectivity index (χ2n) is 9.38. The van der Waals surface area contributed by atoms with E-state index in [9.17, 15) is 5.11 Å². The number of rotatable bonds is 4. The summed E-state index contributed by atoms with van der Waals surface area (Å²) in [6, 6.07) is 6.82. The molecule has 2 aliphatic heterocycles. The van der Waals surface area contributed by atoms with E-state index >= 15 is 0 Å². The molecule has 1 N–H and O–H groups in total. The average Bonchev–Trinajstić information content (AvgIpc) is 2.88. The van der Waals surface area contributed by atoms with Crippen molar-refractivity contribution < 1.29 is 5.11 Å². The molecular weight excluding hydrogens is 386 g/mol. The summed E-state index contributed by atoms with van der Waals surface area (Å²) in [4.78, 5) is 13.9. The number of anilines is 1. The molecular formula is C25H29N5O. The lowest BCUT2D eigenvalue weighted by atomic mass is 10.00. The maximum atomic E-state index is 10.8. The first-order chi connectivity index (χ1) is 15.1. The number of aromatic hydroxyl groups is 1. The van der Waals surface area contributed by atoms with Gasteiger partial charge < -0.3 is 19.5 Å². The summed E-state index contributed by atoms with van der Waals surface area (Å²) >= 11 is 0. The van der Waals surface area contributed by atoms with Crippen LogP contribution in [0, 0.1) is 5.92 Å². The molecule has 3 aromatic rings. The van der Waals surface area contributed by atoms with Crippen LogP contribution >= 0.6 is 0 Å². The highest BCUT2D eigenvalue weighted by molar-refractivity contribution is 5.84. The molecule has 4 heterocycles. The van der Waals surface area contributed by atoms with Crippen molar-refractivity contribution in [2.24, 2.45) is 5.92 Å². The molecule has 6 rings (SSSR count). The molecule has 0 bridgehead atoms. The minimum absolute atomic E-state index is 0.247. The Balaban J connectivity index is 1.23. The fraction of sp³-hybridized carbons (Fsp3) is 0.440. The number of benzene rings is 1. The zero-order chi connectivity index (χ0) is 20.9. The van der Waals surface area contributed by atoms with Crippen LogP contribution in [0.1, 0.15) is 36.5 Å². The van der Waals surface area contributed by atoms with E-state index < -0.39 is 0 Å². The van der Waals surface area contributed by atoms with Crippen molar-refractivity contribution in [2.45, 2.75) is 39.2 Å². The third-order valence-electron chi connectivity index (χ3n) is 7.06. The van der Waals surface area contributed by atoms with Gasteiger partial charge in [-0.15, -0.1) is 0 Å². The van der Waals surface area contributed by atoms with Gasteiger partial charge in [-0.05, 0) is 48.3 Å². The lowest BCUT2D eigenvalue weighted by Crippen LogP contribution is -2.46. The molecule has 31 heavy (non-hydrogen) atoms. The topological polar surface area (TPSA) is 57.4 Å². The number of fused-ring (bicyclic) bond motifs is 2.